The van der Waals surface area contributed by atoms with Crippen molar-refractivity contribution in [3.63, 3.8) is 0 Å². The van der Waals surface area contributed by atoms with Gasteiger partial charge < -0.3 is 19.3 Å². The zero-order chi connectivity index (χ0) is 18.5. The van der Waals surface area contributed by atoms with Crippen molar-refractivity contribution in [3.05, 3.63) is 12.4 Å². The van der Waals surface area contributed by atoms with E-state index in [0.717, 1.165) is 32.2 Å². The second kappa shape index (κ2) is 8.33. The third-order valence-electron chi connectivity index (χ3n) is 5.08. The summed E-state index contributed by atoms with van der Waals surface area (Å²) in [5, 5.41) is 0. The molecular weight excluding hydrogens is 336 g/mol. The highest BCUT2D eigenvalue weighted by Crippen LogP contribution is 2.26. The molecular formula is C18H26N4O4. The molecule has 0 N–H and O–H groups in total. The Kier molecular flexibility index (Phi) is 5.90. The van der Waals surface area contributed by atoms with Crippen LogP contribution in [-0.4, -0.2) is 71.0 Å². The van der Waals surface area contributed by atoms with Crippen LogP contribution in [0, 0.1) is 5.92 Å². The molecule has 0 spiro atoms. The molecule has 1 unspecified atom stereocenters. The van der Waals surface area contributed by atoms with E-state index in [-0.39, 0.29) is 23.8 Å². The molecule has 26 heavy (non-hydrogen) atoms. The summed E-state index contributed by atoms with van der Waals surface area (Å²) in [6.07, 6.45) is 6.23. The lowest BCUT2D eigenvalue weighted by molar-refractivity contribution is -0.142. The zero-order valence-corrected chi connectivity index (χ0v) is 15.4. The molecule has 1 aromatic heterocycles. The van der Waals surface area contributed by atoms with Crippen LogP contribution < -0.4 is 9.47 Å². The lowest BCUT2D eigenvalue weighted by Gasteiger charge is -2.37. The van der Waals surface area contributed by atoms with Gasteiger partial charge in [-0.3, -0.25) is 9.59 Å². The molecule has 0 bridgehead atoms. The number of hydrogen-bond acceptors (Lipinski definition) is 6. The highest BCUT2D eigenvalue weighted by molar-refractivity contribution is 5.80. The van der Waals surface area contributed by atoms with Crippen LogP contribution in [-0.2, 0) is 9.59 Å². The Balaban J connectivity index is 1.56. The number of carbonyl (C=O) groups is 2. The van der Waals surface area contributed by atoms with Gasteiger partial charge in [-0.05, 0) is 25.7 Å². The van der Waals surface area contributed by atoms with Crippen molar-refractivity contribution in [2.45, 2.75) is 38.7 Å². The van der Waals surface area contributed by atoms with E-state index in [1.807, 2.05) is 9.80 Å². The number of ether oxygens (including phenoxy) is 2. The summed E-state index contributed by atoms with van der Waals surface area (Å²) in [5.74, 6) is 0.972. The molecule has 8 heteroatoms. The standard InChI is InChI=1S/C18H26N4O4/c1-13(23)21-10-5-14(6-11-21)18(24)22-9-3-4-15(12-22)26-17-16(25-2)19-7-8-20-17/h7-8,14-15H,3-6,9-12H2,1-2H3. The number of carbonyl (C=O) groups excluding carboxylic acids is 2. The van der Waals surface area contributed by atoms with Crippen molar-refractivity contribution in [2.24, 2.45) is 5.92 Å². The van der Waals surface area contributed by atoms with Gasteiger partial charge in [0.25, 0.3) is 11.8 Å². The molecule has 2 fully saturated rings. The Labute approximate surface area is 153 Å². The van der Waals surface area contributed by atoms with Gasteiger partial charge >= 0.3 is 0 Å². The SMILES string of the molecule is COc1nccnc1OC1CCCN(C(=O)C2CCN(C(C)=O)CC2)C1. The first-order valence-electron chi connectivity index (χ1n) is 9.14. The molecule has 3 heterocycles. The molecule has 0 aromatic carbocycles. The number of likely N-dealkylation sites (tertiary alicyclic amines) is 2. The van der Waals surface area contributed by atoms with Crippen molar-refractivity contribution in [2.75, 3.05) is 33.3 Å². The molecule has 3 rings (SSSR count). The van der Waals surface area contributed by atoms with Crippen LogP contribution in [0.5, 0.6) is 11.8 Å². The number of rotatable bonds is 4. The number of piperidine rings is 2. The van der Waals surface area contributed by atoms with Gasteiger partial charge in [-0.15, -0.1) is 0 Å². The molecule has 2 aliphatic heterocycles. The molecule has 1 aromatic rings. The number of aromatic nitrogens is 2. The summed E-state index contributed by atoms with van der Waals surface area (Å²) in [6.45, 7) is 4.21. The van der Waals surface area contributed by atoms with Crippen molar-refractivity contribution in [1.82, 2.24) is 19.8 Å². The zero-order valence-electron chi connectivity index (χ0n) is 15.4. The highest BCUT2D eigenvalue weighted by atomic mass is 16.5. The van der Waals surface area contributed by atoms with Crippen LogP contribution in [0.15, 0.2) is 12.4 Å². The fourth-order valence-corrected chi connectivity index (χ4v) is 3.63. The third-order valence-corrected chi connectivity index (χ3v) is 5.08. The average molecular weight is 362 g/mol. The normalized spacial score (nSPS) is 21.4. The summed E-state index contributed by atoms with van der Waals surface area (Å²) in [7, 11) is 1.53. The monoisotopic (exact) mass is 362 g/mol. The molecule has 2 amide bonds. The van der Waals surface area contributed by atoms with Gasteiger partial charge in [-0.25, -0.2) is 9.97 Å². The molecule has 0 saturated carbocycles. The number of nitrogens with zero attached hydrogens (tertiary/aromatic N) is 4. The van der Waals surface area contributed by atoms with Crippen LogP contribution in [0.25, 0.3) is 0 Å². The summed E-state index contributed by atoms with van der Waals surface area (Å²) in [6, 6.07) is 0. The Morgan fingerprint density at radius 2 is 1.73 bits per heavy atom. The maximum Gasteiger partial charge on any atom is 0.278 e. The van der Waals surface area contributed by atoms with Crippen molar-refractivity contribution in [3.8, 4) is 11.8 Å². The van der Waals surface area contributed by atoms with Gasteiger partial charge in [0.1, 0.15) is 6.10 Å². The van der Waals surface area contributed by atoms with Gasteiger partial charge in [0.2, 0.25) is 11.8 Å². The minimum absolute atomic E-state index is 0.00426. The maximum atomic E-state index is 12.9. The molecule has 8 nitrogen and oxygen atoms in total. The molecule has 142 valence electrons. The van der Waals surface area contributed by atoms with Gasteiger partial charge in [0, 0.05) is 44.9 Å². The fraction of sp³-hybridized carbons (Fsp3) is 0.667. The Hall–Kier alpha value is -2.38. The predicted octanol–water partition coefficient (Wildman–Crippen LogP) is 1.11. The molecule has 0 aliphatic carbocycles. The van der Waals surface area contributed by atoms with Crippen molar-refractivity contribution < 1.29 is 19.1 Å². The fourth-order valence-electron chi connectivity index (χ4n) is 3.63. The molecule has 2 saturated heterocycles. The predicted molar refractivity (Wildman–Crippen MR) is 93.8 cm³/mol. The van der Waals surface area contributed by atoms with Crippen molar-refractivity contribution in [1.29, 1.82) is 0 Å². The topological polar surface area (TPSA) is 84.9 Å². The van der Waals surface area contributed by atoms with E-state index in [1.54, 1.807) is 19.3 Å². The Bertz CT molecular complexity index is 646. The van der Waals surface area contributed by atoms with E-state index in [0.29, 0.717) is 31.4 Å². The summed E-state index contributed by atoms with van der Waals surface area (Å²) in [5.41, 5.74) is 0. The summed E-state index contributed by atoms with van der Waals surface area (Å²) >= 11 is 0. The number of hydrogen-bond donors (Lipinski definition) is 0. The van der Waals surface area contributed by atoms with Crippen LogP contribution in [0.4, 0.5) is 0 Å². The van der Waals surface area contributed by atoms with Gasteiger partial charge in [0.05, 0.1) is 13.7 Å². The third kappa shape index (κ3) is 4.23. The Morgan fingerprint density at radius 1 is 1.04 bits per heavy atom. The van der Waals surface area contributed by atoms with E-state index in [4.69, 9.17) is 9.47 Å². The van der Waals surface area contributed by atoms with Crippen LogP contribution >= 0.6 is 0 Å². The van der Waals surface area contributed by atoms with E-state index in [9.17, 15) is 9.59 Å². The highest BCUT2D eigenvalue weighted by Gasteiger charge is 2.32. The van der Waals surface area contributed by atoms with Crippen LogP contribution in [0.2, 0.25) is 0 Å². The minimum Gasteiger partial charge on any atom is -0.477 e. The average Bonchev–Trinajstić information content (AvgIpc) is 2.68. The number of methoxy groups -OCH3 is 1. The summed E-state index contributed by atoms with van der Waals surface area (Å²) < 4.78 is 11.1. The van der Waals surface area contributed by atoms with E-state index >= 15 is 0 Å². The van der Waals surface area contributed by atoms with E-state index in [2.05, 4.69) is 9.97 Å². The first-order chi connectivity index (χ1) is 12.6. The van der Waals surface area contributed by atoms with Gasteiger partial charge in [-0.2, -0.15) is 0 Å². The molecule has 1 atom stereocenters. The van der Waals surface area contributed by atoms with Crippen LogP contribution in [0.3, 0.4) is 0 Å². The lowest BCUT2D eigenvalue weighted by Crippen LogP contribution is -2.49. The molecule has 0 radical (unpaired) electrons. The van der Waals surface area contributed by atoms with Gasteiger partial charge in [0.15, 0.2) is 0 Å². The number of amides is 2. The van der Waals surface area contributed by atoms with E-state index < -0.39 is 0 Å². The molecule has 2 aliphatic rings. The maximum absolute atomic E-state index is 12.9. The summed E-state index contributed by atoms with van der Waals surface area (Å²) in [4.78, 5) is 36.3. The largest absolute Gasteiger partial charge is 0.477 e. The Morgan fingerprint density at radius 3 is 2.38 bits per heavy atom. The second-order valence-corrected chi connectivity index (χ2v) is 6.82. The smallest absolute Gasteiger partial charge is 0.278 e. The first kappa shape index (κ1) is 18.4. The second-order valence-electron chi connectivity index (χ2n) is 6.82. The van der Waals surface area contributed by atoms with Crippen molar-refractivity contribution >= 4 is 11.8 Å². The van der Waals surface area contributed by atoms with E-state index in [1.165, 1.54) is 7.11 Å². The van der Waals surface area contributed by atoms with Crippen LogP contribution in [0.1, 0.15) is 32.6 Å². The minimum atomic E-state index is -0.115. The lowest BCUT2D eigenvalue weighted by atomic mass is 9.94. The quantitative estimate of drug-likeness (QED) is 0.798. The van der Waals surface area contributed by atoms with Gasteiger partial charge in [-0.1, -0.05) is 0 Å². The first-order valence-corrected chi connectivity index (χ1v) is 9.14.